The van der Waals surface area contributed by atoms with Crippen LogP contribution in [-0.4, -0.2) is 30.7 Å². The quantitative estimate of drug-likeness (QED) is 0.471. The Morgan fingerprint density at radius 3 is 1.75 bits per heavy atom. The Morgan fingerprint density at radius 2 is 1.30 bits per heavy atom. The minimum Gasteiger partial charge on any atom is -1.00 e. The van der Waals surface area contributed by atoms with Crippen LogP contribution in [0, 0.1) is 0 Å². The summed E-state index contributed by atoms with van der Waals surface area (Å²) in [5.74, 6) is 0. The number of nitrogens with zero attached hydrogens (tertiary/aromatic N) is 1. The van der Waals surface area contributed by atoms with Gasteiger partial charge in [-0.2, -0.15) is 0 Å². The number of benzene rings is 1. The van der Waals surface area contributed by atoms with Gasteiger partial charge in [0.25, 0.3) is 0 Å². The lowest BCUT2D eigenvalue weighted by molar-refractivity contribution is -0.906. The molecule has 20 heavy (non-hydrogen) atoms. The summed E-state index contributed by atoms with van der Waals surface area (Å²) < 4.78 is 0.903. The summed E-state index contributed by atoms with van der Waals surface area (Å²) in [6.07, 6.45) is 10.3. The molecule has 1 nitrogen and oxygen atoms in total. The van der Waals surface area contributed by atoms with Crippen molar-refractivity contribution in [1.29, 1.82) is 0 Å². The van der Waals surface area contributed by atoms with E-state index >= 15 is 0 Å². The zero-order valence-electron chi connectivity index (χ0n) is 12.0. The summed E-state index contributed by atoms with van der Waals surface area (Å²) in [5, 5.41) is 0. The first kappa shape index (κ1) is 18.4. The van der Waals surface area contributed by atoms with Gasteiger partial charge in [-0.25, -0.2) is 0 Å². The molecule has 1 aromatic rings. The lowest BCUT2D eigenvalue weighted by Gasteiger charge is -2.35. The Kier molecular flexibility index (Phi) is 9.44. The normalized spacial score (nSPS) is 10.8. The summed E-state index contributed by atoms with van der Waals surface area (Å²) >= 11 is 0. The van der Waals surface area contributed by atoms with Crippen LogP contribution in [0.2, 0.25) is 0 Å². The van der Waals surface area contributed by atoms with Crippen molar-refractivity contribution in [2.24, 2.45) is 0 Å². The van der Waals surface area contributed by atoms with Crippen molar-refractivity contribution < 1.29 is 16.9 Å². The highest BCUT2D eigenvalue weighted by Crippen LogP contribution is 2.10. The molecule has 0 saturated carbocycles. The van der Waals surface area contributed by atoms with Gasteiger partial charge >= 0.3 is 0 Å². The maximum Gasteiger partial charge on any atom is 0.0984 e. The third-order valence-electron chi connectivity index (χ3n) is 3.15. The maximum absolute atomic E-state index is 3.87. The van der Waals surface area contributed by atoms with E-state index in [2.05, 4.69) is 56.2 Å². The molecule has 1 rings (SSSR count). The molecule has 0 atom stereocenters. The van der Waals surface area contributed by atoms with Crippen LogP contribution in [0.15, 0.2) is 74.4 Å². The van der Waals surface area contributed by atoms with E-state index in [0.29, 0.717) is 0 Å². The van der Waals surface area contributed by atoms with E-state index in [1.165, 1.54) is 5.56 Å². The first-order valence-electron chi connectivity index (χ1n) is 6.66. The molecule has 1 aromatic carbocycles. The smallest absolute Gasteiger partial charge is 0.0984 e. The highest BCUT2D eigenvalue weighted by molar-refractivity contribution is 5.48. The molecule has 0 aliphatic carbocycles. The fourth-order valence-corrected chi connectivity index (χ4v) is 2.25. The second-order valence-corrected chi connectivity index (χ2v) is 4.75. The Bertz CT molecular complexity index is 407. The van der Waals surface area contributed by atoms with Gasteiger partial charge in [-0.15, -0.1) is 0 Å². The fraction of sp³-hybridized carbons (Fsp3) is 0.222. The molecule has 0 amide bonds. The molecule has 0 spiro atoms. The van der Waals surface area contributed by atoms with E-state index in [0.717, 1.165) is 30.7 Å². The minimum absolute atomic E-state index is 0. The number of hydrogen-bond acceptors (Lipinski definition) is 0. The minimum atomic E-state index is 0. The van der Waals surface area contributed by atoms with Gasteiger partial charge in [0, 0.05) is 0 Å². The first-order chi connectivity index (χ1) is 9.26. The molecule has 2 heteroatoms. The molecule has 0 saturated heterocycles. The first-order valence-corrected chi connectivity index (χ1v) is 6.66. The van der Waals surface area contributed by atoms with Crippen molar-refractivity contribution in [3.63, 3.8) is 0 Å². The molecule has 108 valence electrons. The molecule has 0 N–H and O–H groups in total. The summed E-state index contributed by atoms with van der Waals surface area (Å²) in [5.41, 5.74) is 1.23. The molecular formula is C18H24ClN. The molecule has 0 aliphatic heterocycles. The van der Waals surface area contributed by atoms with Crippen molar-refractivity contribution in [1.82, 2.24) is 0 Å². The molecule has 0 heterocycles. The topological polar surface area (TPSA) is 0 Å². The largest absolute Gasteiger partial charge is 1.00 e. The van der Waals surface area contributed by atoms with Crippen LogP contribution in [0.1, 0.15) is 5.56 Å². The van der Waals surface area contributed by atoms with E-state index in [1.807, 2.05) is 24.3 Å². The van der Waals surface area contributed by atoms with Gasteiger partial charge in [0.15, 0.2) is 0 Å². The number of rotatable bonds is 9. The summed E-state index contributed by atoms with van der Waals surface area (Å²) in [7, 11) is 0. The molecule has 0 aliphatic rings. The molecule has 0 unspecified atom stereocenters. The van der Waals surface area contributed by atoms with Crippen molar-refractivity contribution in [2.45, 2.75) is 0 Å². The van der Waals surface area contributed by atoms with Gasteiger partial charge in [0.05, 0.1) is 26.2 Å². The lowest BCUT2D eigenvalue weighted by Crippen LogP contribution is -3.00. The van der Waals surface area contributed by atoms with E-state index in [9.17, 15) is 0 Å². The molecule has 0 fully saturated rings. The van der Waals surface area contributed by atoms with Crippen LogP contribution in [0.3, 0.4) is 0 Å². The van der Waals surface area contributed by atoms with Gasteiger partial charge in [-0.05, 0) is 29.9 Å². The monoisotopic (exact) mass is 289 g/mol. The Balaban J connectivity index is 0.00000361. The van der Waals surface area contributed by atoms with Crippen LogP contribution >= 0.6 is 0 Å². The van der Waals surface area contributed by atoms with Crippen molar-refractivity contribution in [3.05, 3.63) is 79.9 Å². The van der Waals surface area contributed by atoms with Crippen LogP contribution < -0.4 is 12.4 Å². The van der Waals surface area contributed by atoms with Gasteiger partial charge in [0.2, 0.25) is 0 Å². The fourth-order valence-electron chi connectivity index (χ4n) is 2.25. The molecule has 0 aromatic heterocycles. The molecule has 0 radical (unpaired) electrons. The van der Waals surface area contributed by atoms with Crippen LogP contribution in [0.4, 0.5) is 0 Å². The predicted octanol–water partition coefficient (Wildman–Crippen LogP) is 1.08. The summed E-state index contributed by atoms with van der Waals surface area (Å²) in [4.78, 5) is 0. The highest BCUT2D eigenvalue weighted by Gasteiger charge is 2.20. The molecule has 0 bridgehead atoms. The average Bonchev–Trinajstić information content (AvgIpc) is 2.41. The number of hydrogen-bond donors (Lipinski definition) is 0. The van der Waals surface area contributed by atoms with Gasteiger partial charge in [-0.3, -0.25) is 0 Å². The Morgan fingerprint density at radius 1 is 0.800 bits per heavy atom. The second-order valence-electron chi connectivity index (χ2n) is 4.75. The van der Waals surface area contributed by atoms with E-state index in [4.69, 9.17) is 0 Å². The van der Waals surface area contributed by atoms with Crippen molar-refractivity contribution >= 4 is 6.08 Å². The third-order valence-corrected chi connectivity index (χ3v) is 3.15. The van der Waals surface area contributed by atoms with Crippen molar-refractivity contribution in [3.8, 4) is 0 Å². The maximum atomic E-state index is 3.87. The highest BCUT2D eigenvalue weighted by atomic mass is 35.5. The Hall–Kier alpha value is -1.57. The van der Waals surface area contributed by atoms with Crippen LogP contribution in [0.5, 0.6) is 0 Å². The third kappa shape index (κ3) is 6.05. The second kappa shape index (κ2) is 10.2. The molecular weight excluding hydrogens is 266 g/mol. The average molecular weight is 290 g/mol. The van der Waals surface area contributed by atoms with Crippen LogP contribution in [-0.2, 0) is 0 Å². The Labute approximate surface area is 129 Å². The van der Waals surface area contributed by atoms with E-state index in [1.54, 1.807) is 0 Å². The standard InChI is InChI=1S/C18H24N.ClH/c1-4-14-19(15-5-2,16-6-3)17-10-13-18-11-8-7-9-12-18;/h4-13H,1-3,14-17H2;1H/q+1;/p-1. The predicted molar refractivity (Wildman–Crippen MR) is 85.8 cm³/mol. The number of quaternary nitrogens is 1. The van der Waals surface area contributed by atoms with Gasteiger partial charge < -0.3 is 16.9 Å². The van der Waals surface area contributed by atoms with Crippen molar-refractivity contribution in [2.75, 3.05) is 26.2 Å². The van der Waals surface area contributed by atoms with Gasteiger partial charge in [-0.1, -0.05) is 56.1 Å². The zero-order chi connectivity index (χ0) is 14.0. The lowest BCUT2D eigenvalue weighted by atomic mass is 10.2. The SMILES string of the molecule is C=CC[N+](CC=C)(CC=C)CC=Cc1ccccc1.[Cl-]. The van der Waals surface area contributed by atoms with E-state index < -0.39 is 0 Å². The van der Waals surface area contributed by atoms with E-state index in [-0.39, 0.29) is 12.4 Å². The summed E-state index contributed by atoms with van der Waals surface area (Å²) in [6, 6.07) is 10.4. The van der Waals surface area contributed by atoms with Crippen LogP contribution in [0.25, 0.3) is 6.08 Å². The van der Waals surface area contributed by atoms with Gasteiger partial charge in [0.1, 0.15) is 0 Å². The summed E-state index contributed by atoms with van der Waals surface area (Å²) in [6.45, 7) is 15.3. The number of halogens is 1. The zero-order valence-corrected chi connectivity index (χ0v) is 12.8.